The molecule has 1 fully saturated rings. The summed E-state index contributed by atoms with van der Waals surface area (Å²) in [6.45, 7) is 5.07. The van der Waals surface area contributed by atoms with Gasteiger partial charge in [0.15, 0.2) is 0 Å². The van der Waals surface area contributed by atoms with Crippen molar-refractivity contribution < 1.29 is 19.5 Å². The summed E-state index contributed by atoms with van der Waals surface area (Å²) in [5.74, 6) is -2.30. The summed E-state index contributed by atoms with van der Waals surface area (Å²) in [7, 11) is 0. The van der Waals surface area contributed by atoms with Gasteiger partial charge in [-0.1, -0.05) is 67.7 Å². The minimum absolute atomic E-state index is 0.274. The number of amides is 2. The van der Waals surface area contributed by atoms with Gasteiger partial charge in [-0.3, -0.25) is 14.5 Å². The van der Waals surface area contributed by atoms with E-state index in [1.807, 2.05) is 31.2 Å². The zero-order valence-corrected chi connectivity index (χ0v) is 16.3. The molecule has 0 bridgehead atoms. The number of nitrogens with zero attached hydrogens (tertiary/aromatic N) is 1. The predicted molar refractivity (Wildman–Crippen MR) is 105 cm³/mol. The molecule has 1 atom stereocenters. The van der Waals surface area contributed by atoms with Gasteiger partial charge in [0.2, 0.25) is 5.91 Å². The van der Waals surface area contributed by atoms with Gasteiger partial charge in [0, 0.05) is 0 Å². The standard InChI is InChI=1S/C18H20N2O4S2/c1-10(2)15(17(23)24)19-14(21)9-20-16(22)13(26-18(20)25)8-12-6-4-11(3)5-7-12/h4-8,10,15H,9H2,1-3H3,(H,19,21)(H,23,24)/b13-8+/t15-/m0/s1. The molecule has 1 saturated heterocycles. The Morgan fingerprint density at radius 1 is 1.31 bits per heavy atom. The quantitative estimate of drug-likeness (QED) is 0.571. The second kappa shape index (κ2) is 8.46. The van der Waals surface area contributed by atoms with Crippen molar-refractivity contribution in [1.82, 2.24) is 10.2 Å². The smallest absolute Gasteiger partial charge is 0.326 e. The number of aliphatic carboxylic acids is 1. The summed E-state index contributed by atoms with van der Waals surface area (Å²) in [6.07, 6.45) is 1.73. The number of carboxylic acid groups (broad SMARTS) is 1. The molecule has 6 nitrogen and oxygen atoms in total. The van der Waals surface area contributed by atoms with Crippen LogP contribution in [-0.4, -0.2) is 44.7 Å². The van der Waals surface area contributed by atoms with E-state index in [2.05, 4.69) is 5.32 Å². The molecule has 0 radical (unpaired) electrons. The summed E-state index contributed by atoms with van der Waals surface area (Å²) in [5.41, 5.74) is 1.98. The Bertz CT molecular complexity index is 772. The maximum atomic E-state index is 12.5. The van der Waals surface area contributed by atoms with Crippen molar-refractivity contribution >= 4 is 52.2 Å². The van der Waals surface area contributed by atoms with Gasteiger partial charge in [-0.15, -0.1) is 0 Å². The first-order valence-corrected chi connectivity index (χ1v) is 9.25. The molecule has 138 valence electrons. The number of benzene rings is 1. The zero-order chi connectivity index (χ0) is 19.4. The summed E-state index contributed by atoms with van der Waals surface area (Å²) in [4.78, 5) is 37.5. The fourth-order valence-corrected chi connectivity index (χ4v) is 3.58. The van der Waals surface area contributed by atoms with Crippen molar-refractivity contribution in [3.05, 3.63) is 40.3 Å². The van der Waals surface area contributed by atoms with Crippen molar-refractivity contribution in [2.24, 2.45) is 5.92 Å². The molecule has 26 heavy (non-hydrogen) atoms. The Labute approximate surface area is 161 Å². The molecule has 2 N–H and O–H groups in total. The molecule has 0 spiro atoms. The van der Waals surface area contributed by atoms with Crippen molar-refractivity contribution in [3.63, 3.8) is 0 Å². The topological polar surface area (TPSA) is 86.7 Å². The molecule has 8 heteroatoms. The molecular formula is C18H20N2O4S2. The van der Waals surface area contributed by atoms with Crippen LogP contribution >= 0.6 is 24.0 Å². The fraction of sp³-hybridized carbons (Fsp3) is 0.333. The van der Waals surface area contributed by atoms with E-state index in [1.54, 1.807) is 19.9 Å². The number of carboxylic acids is 1. The zero-order valence-electron chi connectivity index (χ0n) is 14.7. The first kappa shape index (κ1) is 20.1. The van der Waals surface area contributed by atoms with Crippen LogP contribution in [0, 0.1) is 12.8 Å². The summed E-state index contributed by atoms with van der Waals surface area (Å²) < 4.78 is 0.278. The van der Waals surface area contributed by atoms with Gasteiger partial charge in [0.05, 0.1) is 4.91 Å². The lowest BCUT2D eigenvalue weighted by Gasteiger charge is -2.20. The number of carbonyl (C=O) groups excluding carboxylic acids is 2. The number of hydrogen-bond acceptors (Lipinski definition) is 5. The first-order valence-electron chi connectivity index (χ1n) is 8.03. The minimum atomic E-state index is -1.11. The number of nitrogens with one attached hydrogen (secondary N) is 1. The second-order valence-electron chi connectivity index (χ2n) is 6.31. The molecule has 2 amide bonds. The highest BCUT2D eigenvalue weighted by Crippen LogP contribution is 2.32. The Balaban J connectivity index is 2.08. The molecule has 0 aliphatic carbocycles. The van der Waals surface area contributed by atoms with Crippen molar-refractivity contribution in [2.75, 3.05) is 6.54 Å². The van der Waals surface area contributed by atoms with Crippen LogP contribution in [-0.2, 0) is 14.4 Å². The highest BCUT2D eigenvalue weighted by molar-refractivity contribution is 8.26. The minimum Gasteiger partial charge on any atom is -0.480 e. The molecule has 1 aliphatic rings. The number of rotatable bonds is 6. The third-order valence-corrected chi connectivity index (χ3v) is 5.18. The highest BCUT2D eigenvalue weighted by atomic mass is 32.2. The van der Waals surface area contributed by atoms with Crippen LogP contribution < -0.4 is 5.32 Å². The Kier molecular flexibility index (Phi) is 6.55. The van der Waals surface area contributed by atoms with Gasteiger partial charge in [0.1, 0.15) is 16.9 Å². The molecular weight excluding hydrogens is 372 g/mol. The van der Waals surface area contributed by atoms with E-state index in [-0.39, 0.29) is 22.7 Å². The molecule has 2 rings (SSSR count). The van der Waals surface area contributed by atoms with Gasteiger partial charge < -0.3 is 10.4 Å². The van der Waals surface area contributed by atoms with Crippen LogP contribution in [0.25, 0.3) is 6.08 Å². The van der Waals surface area contributed by atoms with E-state index in [4.69, 9.17) is 17.3 Å². The predicted octanol–water partition coefficient (Wildman–Crippen LogP) is 2.42. The molecule has 1 aromatic rings. The van der Waals surface area contributed by atoms with Crippen LogP contribution in [0.4, 0.5) is 0 Å². The average molecular weight is 393 g/mol. The molecule has 1 aromatic carbocycles. The monoisotopic (exact) mass is 392 g/mol. The normalized spacial score (nSPS) is 17.1. The van der Waals surface area contributed by atoms with E-state index in [0.29, 0.717) is 4.91 Å². The Morgan fingerprint density at radius 3 is 2.46 bits per heavy atom. The van der Waals surface area contributed by atoms with Gasteiger partial charge in [0.25, 0.3) is 5.91 Å². The number of thiocarbonyl (C=S) groups is 1. The highest BCUT2D eigenvalue weighted by Gasteiger charge is 2.34. The largest absolute Gasteiger partial charge is 0.480 e. The van der Waals surface area contributed by atoms with Crippen molar-refractivity contribution in [3.8, 4) is 0 Å². The third kappa shape index (κ3) is 4.92. The number of thioether (sulfide) groups is 1. The summed E-state index contributed by atoms with van der Waals surface area (Å²) >= 11 is 6.32. The first-order chi connectivity index (χ1) is 12.2. The van der Waals surface area contributed by atoms with Crippen LogP contribution in [0.1, 0.15) is 25.0 Å². The van der Waals surface area contributed by atoms with Gasteiger partial charge in [-0.05, 0) is 24.5 Å². The van der Waals surface area contributed by atoms with Gasteiger partial charge in [-0.25, -0.2) is 4.79 Å². The van der Waals surface area contributed by atoms with E-state index in [9.17, 15) is 14.4 Å². The SMILES string of the molecule is Cc1ccc(/C=C2/SC(=S)N(CC(=O)N[C@H](C(=O)O)C(C)C)C2=O)cc1. The van der Waals surface area contributed by atoms with Crippen LogP contribution in [0.15, 0.2) is 29.2 Å². The van der Waals surface area contributed by atoms with Crippen molar-refractivity contribution in [1.29, 1.82) is 0 Å². The molecule has 1 heterocycles. The average Bonchev–Trinajstić information content (AvgIpc) is 2.81. The number of aryl methyl sites for hydroxylation is 1. The van der Waals surface area contributed by atoms with E-state index >= 15 is 0 Å². The fourth-order valence-electron chi connectivity index (χ4n) is 2.33. The lowest BCUT2D eigenvalue weighted by Crippen LogP contribution is -2.48. The Morgan fingerprint density at radius 2 is 1.92 bits per heavy atom. The van der Waals surface area contributed by atoms with Crippen LogP contribution in [0.5, 0.6) is 0 Å². The van der Waals surface area contributed by atoms with E-state index < -0.39 is 17.9 Å². The lowest BCUT2D eigenvalue weighted by atomic mass is 10.0. The molecule has 0 aromatic heterocycles. The van der Waals surface area contributed by atoms with Crippen molar-refractivity contribution in [2.45, 2.75) is 26.8 Å². The number of carbonyl (C=O) groups is 3. The maximum absolute atomic E-state index is 12.5. The van der Waals surface area contributed by atoms with Crippen LogP contribution in [0.3, 0.4) is 0 Å². The van der Waals surface area contributed by atoms with E-state index in [0.717, 1.165) is 22.9 Å². The second-order valence-corrected chi connectivity index (χ2v) is 7.98. The maximum Gasteiger partial charge on any atom is 0.326 e. The van der Waals surface area contributed by atoms with Gasteiger partial charge in [-0.2, -0.15) is 0 Å². The summed E-state index contributed by atoms with van der Waals surface area (Å²) in [5, 5.41) is 11.6. The molecule has 0 saturated carbocycles. The van der Waals surface area contributed by atoms with Crippen LogP contribution in [0.2, 0.25) is 0 Å². The third-order valence-electron chi connectivity index (χ3n) is 3.80. The van der Waals surface area contributed by atoms with E-state index in [1.165, 1.54) is 4.90 Å². The Hall–Kier alpha value is -2.19. The molecule has 0 unspecified atom stereocenters. The molecule has 1 aliphatic heterocycles. The lowest BCUT2D eigenvalue weighted by molar-refractivity contribution is -0.143. The summed E-state index contributed by atoms with van der Waals surface area (Å²) in [6, 6.07) is 6.67. The number of hydrogen-bond donors (Lipinski definition) is 2. The van der Waals surface area contributed by atoms with Gasteiger partial charge >= 0.3 is 5.97 Å².